The van der Waals surface area contributed by atoms with Crippen LogP contribution in [0.2, 0.25) is 15.1 Å². The maximum atomic E-state index is 13.8. The maximum Gasteiger partial charge on any atom is 0.335 e. The number of carbonyl (C=O) groups excluding carboxylic acids is 4. The minimum absolute atomic E-state index is 0.00225. The molecule has 0 atom stereocenters. The topological polar surface area (TPSA) is 114 Å². The second-order valence-corrected chi connectivity index (χ2v) is 9.36. The van der Waals surface area contributed by atoms with Crippen molar-refractivity contribution in [2.24, 2.45) is 0 Å². The van der Waals surface area contributed by atoms with E-state index >= 15 is 0 Å². The van der Waals surface area contributed by atoms with E-state index in [1.54, 1.807) is 13.0 Å². The number of amides is 5. The summed E-state index contributed by atoms with van der Waals surface area (Å²) in [7, 11) is 0. The van der Waals surface area contributed by atoms with Crippen molar-refractivity contribution in [2.75, 3.05) is 23.4 Å². The van der Waals surface area contributed by atoms with Crippen LogP contribution in [0.4, 0.5) is 20.6 Å². The summed E-state index contributed by atoms with van der Waals surface area (Å²) in [5.41, 5.74) is -0.0283. The molecule has 0 spiro atoms. The number of carbonyl (C=O) groups is 4. The van der Waals surface area contributed by atoms with Crippen LogP contribution < -0.4 is 25.0 Å². The van der Waals surface area contributed by atoms with Gasteiger partial charge in [0.15, 0.2) is 18.1 Å². The average molecular weight is 607 g/mol. The van der Waals surface area contributed by atoms with Crippen molar-refractivity contribution in [3.05, 3.63) is 86.6 Å². The Morgan fingerprint density at radius 3 is 2.45 bits per heavy atom. The van der Waals surface area contributed by atoms with Crippen LogP contribution in [0.5, 0.6) is 11.5 Å². The number of barbiturate groups is 1. The number of para-hydroxylation sites is 1. The van der Waals surface area contributed by atoms with Crippen molar-refractivity contribution in [3.63, 3.8) is 0 Å². The molecular weight excluding hydrogens is 588 g/mol. The first kappa shape index (κ1) is 28.9. The molecule has 0 unspecified atom stereocenters. The number of nitrogens with zero attached hydrogens (tertiary/aromatic N) is 1. The number of imide groups is 2. The van der Waals surface area contributed by atoms with E-state index in [1.165, 1.54) is 54.6 Å². The molecule has 13 heteroatoms. The van der Waals surface area contributed by atoms with E-state index in [2.05, 4.69) is 10.6 Å². The van der Waals surface area contributed by atoms with Gasteiger partial charge in [0.2, 0.25) is 0 Å². The van der Waals surface area contributed by atoms with E-state index in [0.717, 1.165) is 4.90 Å². The number of nitrogens with one attached hydrogen (secondary N) is 2. The van der Waals surface area contributed by atoms with Crippen LogP contribution in [0.15, 0.2) is 60.2 Å². The van der Waals surface area contributed by atoms with Gasteiger partial charge in [0.25, 0.3) is 17.7 Å². The van der Waals surface area contributed by atoms with Gasteiger partial charge in [0.05, 0.1) is 33.0 Å². The Bertz CT molecular complexity index is 1560. The molecule has 1 heterocycles. The Kier molecular flexibility index (Phi) is 8.93. The van der Waals surface area contributed by atoms with Gasteiger partial charge in [0.1, 0.15) is 11.4 Å². The third-order valence-corrected chi connectivity index (χ3v) is 6.42. The molecule has 5 amide bonds. The highest BCUT2D eigenvalue weighted by Gasteiger charge is 2.37. The summed E-state index contributed by atoms with van der Waals surface area (Å²) >= 11 is 18.4. The zero-order chi connectivity index (χ0) is 29.0. The number of hydrogen-bond acceptors (Lipinski definition) is 6. The lowest BCUT2D eigenvalue weighted by Gasteiger charge is -2.26. The normalized spacial score (nSPS) is 14.3. The molecule has 206 valence electrons. The van der Waals surface area contributed by atoms with Gasteiger partial charge in [-0.3, -0.25) is 19.7 Å². The predicted molar refractivity (Wildman–Crippen MR) is 149 cm³/mol. The quantitative estimate of drug-likeness (QED) is 0.245. The second kappa shape index (κ2) is 12.4. The molecule has 0 radical (unpaired) electrons. The number of urea groups is 1. The lowest BCUT2D eigenvalue weighted by Crippen LogP contribution is -2.54. The summed E-state index contributed by atoms with van der Waals surface area (Å²) in [6, 6.07) is 11.6. The molecule has 1 aliphatic heterocycles. The molecule has 3 aromatic carbocycles. The molecule has 40 heavy (non-hydrogen) atoms. The van der Waals surface area contributed by atoms with E-state index in [-0.39, 0.29) is 55.7 Å². The van der Waals surface area contributed by atoms with Gasteiger partial charge < -0.3 is 14.8 Å². The molecule has 2 N–H and O–H groups in total. The van der Waals surface area contributed by atoms with Crippen LogP contribution >= 0.6 is 34.8 Å². The van der Waals surface area contributed by atoms with Gasteiger partial charge in [-0.2, -0.15) is 0 Å². The summed E-state index contributed by atoms with van der Waals surface area (Å²) < 4.78 is 25.0. The highest BCUT2D eigenvalue weighted by Crippen LogP contribution is 2.38. The fraction of sp³-hybridized carbons (Fsp3) is 0.111. The molecule has 0 aliphatic carbocycles. The van der Waals surface area contributed by atoms with E-state index < -0.39 is 36.2 Å². The number of ether oxygens (including phenoxy) is 2. The first-order valence-corrected chi connectivity index (χ1v) is 12.7. The van der Waals surface area contributed by atoms with Crippen LogP contribution in [0.3, 0.4) is 0 Å². The predicted octanol–water partition coefficient (Wildman–Crippen LogP) is 5.87. The Labute approximate surface area is 242 Å². The van der Waals surface area contributed by atoms with Crippen LogP contribution in [0.1, 0.15) is 12.5 Å². The SMILES string of the molecule is CCOc1cc(/C=C2/C(=O)NC(=O)N(c3ccc(Cl)c(Cl)c3)C2=O)cc(Cl)c1OCC(=O)Nc1ccccc1F. The first-order valence-electron chi connectivity index (χ1n) is 11.6. The highest BCUT2D eigenvalue weighted by atomic mass is 35.5. The molecule has 1 saturated heterocycles. The van der Waals surface area contributed by atoms with Crippen LogP contribution in [-0.4, -0.2) is 37.0 Å². The third kappa shape index (κ3) is 6.36. The Balaban J connectivity index is 1.59. The number of hydrogen-bond donors (Lipinski definition) is 2. The first-order chi connectivity index (χ1) is 19.1. The molecule has 4 rings (SSSR count). The van der Waals surface area contributed by atoms with Crippen molar-refractivity contribution in [3.8, 4) is 11.5 Å². The zero-order valence-electron chi connectivity index (χ0n) is 20.6. The third-order valence-electron chi connectivity index (χ3n) is 5.40. The lowest BCUT2D eigenvalue weighted by molar-refractivity contribution is -0.122. The van der Waals surface area contributed by atoms with E-state index in [1.807, 2.05) is 0 Å². The van der Waals surface area contributed by atoms with Crippen molar-refractivity contribution in [2.45, 2.75) is 6.92 Å². The average Bonchev–Trinajstić information content (AvgIpc) is 2.89. The molecular formula is C27H19Cl3FN3O6. The van der Waals surface area contributed by atoms with Gasteiger partial charge in [-0.25, -0.2) is 14.1 Å². The maximum absolute atomic E-state index is 13.8. The smallest absolute Gasteiger partial charge is 0.335 e. The molecule has 0 saturated carbocycles. The van der Waals surface area contributed by atoms with Gasteiger partial charge >= 0.3 is 6.03 Å². The summed E-state index contributed by atoms with van der Waals surface area (Å²) in [6.45, 7) is 1.37. The van der Waals surface area contributed by atoms with E-state index in [4.69, 9.17) is 44.3 Å². The van der Waals surface area contributed by atoms with Crippen molar-refractivity contribution in [1.29, 1.82) is 0 Å². The molecule has 1 fully saturated rings. The van der Waals surface area contributed by atoms with Crippen molar-refractivity contribution in [1.82, 2.24) is 5.32 Å². The summed E-state index contributed by atoms with van der Waals surface area (Å²) in [5, 5.41) is 4.82. The Morgan fingerprint density at radius 1 is 1.00 bits per heavy atom. The van der Waals surface area contributed by atoms with Crippen LogP contribution in [-0.2, 0) is 14.4 Å². The number of halogens is 4. The Hall–Kier alpha value is -4.12. The minimum Gasteiger partial charge on any atom is -0.490 e. The summed E-state index contributed by atoms with van der Waals surface area (Å²) in [6.07, 6.45) is 1.22. The molecule has 3 aromatic rings. The molecule has 9 nitrogen and oxygen atoms in total. The second-order valence-electron chi connectivity index (χ2n) is 8.14. The number of benzene rings is 3. The van der Waals surface area contributed by atoms with Gasteiger partial charge in [-0.05, 0) is 61.0 Å². The Morgan fingerprint density at radius 2 is 1.75 bits per heavy atom. The monoisotopic (exact) mass is 605 g/mol. The van der Waals surface area contributed by atoms with E-state index in [9.17, 15) is 23.6 Å². The minimum atomic E-state index is -0.962. The van der Waals surface area contributed by atoms with Gasteiger partial charge in [0, 0.05) is 0 Å². The molecule has 0 bridgehead atoms. The van der Waals surface area contributed by atoms with Crippen molar-refractivity contribution < 1.29 is 33.0 Å². The zero-order valence-corrected chi connectivity index (χ0v) is 22.9. The van der Waals surface area contributed by atoms with Gasteiger partial charge in [-0.15, -0.1) is 0 Å². The van der Waals surface area contributed by atoms with Gasteiger partial charge in [-0.1, -0.05) is 46.9 Å². The standard InChI is InChI=1S/C27H19Cl3FN3O6/c1-2-39-22-11-14(10-19(30)24(22)40-13-23(35)32-21-6-4-3-5-20(21)31)9-16-25(36)33-27(38)34(26(16)37)15-7-8-17(28)18(29)12-15/h3-12H,2,13H2,1H3,(H,32,35)(H,33,36,38)/b16-9-. The summed E-state index contributed by atoms with van der Waals surface area (Å²) in [4.78, 5) is 51.3. The van der Waals surface area contributed by atoms with Crippen LogP contribution in [0, 0.1) is 5.82 Å². The highest BCUT2D eigenvalue weighted by molar-refractivity contribution is 6.43. The number of rotatable bonds is 8. The lowest BCUT2D eigenvalue weighted by atomic mass is 10.1. The van der Waals surface area contributed by atoms with E-state index in [0.29, 0.717) is 0 Å². The largest absolute Gasteiger partial charge is 0.490 e. The molecule has 1 aliphatic rings. The van der Waals surface area contributed by atoms with Crippen LogP contribution in [0.25, 0.3) is 6.08 Å². The van der Waals surface area contributed by atoms with Crippen molar-refractivity contribution >= 4 is 76.0 Å². The fourth-order valence-corrected chi connectivity index (χ4v) is 4.21. The molecule has 0 aromatic heterocycles. The summed E-state index contributed by atoms with van der Waals surface area (Å²) in [5.74, 6) is -2.96. The number of anilines is 2. The fourth-order valence-electron chi connectivity index (χ4n) is 3.64.